The van der Waals surface area contributed by atoms with Gasteiger partial charge in [-0.25, -0.2) is 4.39 Å². The van der Waals surface area contributed by atoms with Crippen LogP contribution in [-0.4, -0.2) is 18.8 Å². The van der Waals surface area contributed by atoms with Gasteiger partial charge in [0.15, 0.2) is 11.5 Å². The summed E-state index contributed by atoms with van der Waals surface area (Å²) in [5, 5.41) is 13.2. The van der Waals surface area contributed by atoms with E-state index in [2.05, 4.69) is 5.32 Å². The van der Waals surface area contributed by atoms with Gasteiger partial charge >= 0.3 is 0 Å². The van der Waals surface area contributed by atoms with E-state index in [0.29, 0.717) is 5.56 Å². The maximum Gasteiger partial charge on any atom is 0.163 e. The van der Waals surface area contributed by atoms with Crippen LogP contribution in [-0.2, 0) is 0 Å². The molecule has 1 aromatic rings. The highest BCUT2D eigenvalue weighted by molar-refractivity contribution is 5.47. The molecule has 1 aliphatic heterocycles. The van der Waals surface area contributed by atoms with E-state index in [1.807, 2.05) is 0 Å². The quantitative estimate of drug-likeness (QED) is 0.811. The number of ether oxygens (including phenoxy) is 1. The van der Waals surface area contributed by atoms with Crippen molar-refractivity contribution < 1.29 is 14.2 Å². The molecule has 0 spiro atoms. The summed E-state index contributed by atoms with van der Waals surface area (Å²) in [6.45, 7) is 0.906. The molecule has 2 rings (SSSR count). The molecule has 1 heterocycles. The second-order valence-electron chi connectivity index (χ2n) is 4.05. The van der Waals surface area contributed by atoms with E-state index in [0.717, 1.165) is 25.8 Å². The first kappa shape index (κ1) is 11.2. The third-order valence-electron chi connectivity index (χ3n) is 2.97. The Morgan fingerprint density at radius 2 is 2.25 bits per heavy atom. The van der Waals surface area contributed by atoms with Crippen LogP contribution in [0.25, 0.3) is 0 Å². The highest BCUT2D eigenvalue weighted by atomic mass is 19.1. The first-order valence-corrected chi connectivity index (χ1v) is 5.52. The van der Waals surface area contributed by atoms with E-state index in [9.17, 15) is 9.50 Å². The fraction of sp³-hybridized carbons (Fsp3) is 0.500. The molecule has 0 unspecified atom stereocenters. The number of phenols is 1. The van der Waals surface area contributed by atoms with Gasteiger partial charge in [-0.15, -0.1) is 0 Å². The Hall–Kier alpha value is -1.29. The van der Waals surface area contributed by atoms with E-state index in [4.69, 9.17) is 4.74 Å². The molecule has 0 saturated carbocycles. The summed E-state index contributed by atoms with van der Waals surface area (Å²) in [5.74, 6) is -0.136. The lowest BCUT2D eigenvalue weighted by Gasteiger charge is -2.25. The highest BCUT2D eigenvalue weighted by Crippen LogP contribution is 2.37. The average Bonchev–Trinajstić information content (AvgIpc) is 2.33. The van der Waals surface area contributed by atoms with Crippen LogP contribution in [0.15, 0.2) is 12.1 Å². The second-order valence-corrected chi connectivity index (χ2v) is 4.05. The van der Waals surface area contributed by atoms with Crippen LogP contribution in [0.5, 0.6) is 11.5 Å². The summed E-state index contributed by atoms with van der Waals surface area (Å²) in [7, 11) is 1.42. The van der Waals surface area contributed by atoms with E-state index >= 15 is 0 Å². The largest absolute Gasteiger partial charge is 0.504 e. The number of rotatable bonds is 2. The van der Waals surface area contributed by atoms with Crippen LogP contribution in [0, 0.1) is 5.82 Å². The van der Waals surface area contributed by atoms with Crippen LogP contribution in [0.4, 0.5) is 4.39 Å². The summed E-state index contributed by atoms with van der Waals surface area (Å²) in [6.07, 6.45) is 3.14. The minimum atomic E-state index is -0.378. The molecule has 16 heavy (non-hydrogen) atoms. The van der Waals surface area contributed by atoms with Gasteiger partial charge in [0.2, 0.25) is 0 Å². The van der Waals surface area contributed by atoms with Crippen molar-refractivity contribution in [2.24, 2.45) is 0 Å². The van der Waals surface area contributed by atoms with Crippen molar-refractivity contribution in [1.29, 1.82) is 0 Å². The Morgan fingerprint density at radius 1 is 1.44 bits per heavy atom. The number of aromatic hydroxyl groups is 1. The Bertz CT molecular complexity index is 376. The van der Waals surface area contributed by atoms with Crippen LogP contribution >= 0.6 is 0 Å². The van der Waals surface area contributed by atoms with Gasteiger partial charge in [-0.1, -0.05) is 6.42 Å². The third-order valence-corrected chi connectivity index (χ3v) is 2.97. The molecule has 3 nitrogen and oxygen atoms in total. The van der Waals surface area contributed by atoms with Gasteiger partial charge in [0.25, 0.3) is 0 Å². The normalized spacial score (nSPS) is 20.8. The molecule has 88 valence electrons. The maximum atomic E-state index is 13.3. The molecule has 1 aliphatic rings. The zero-order chi connectivity index (χ0) is 11.5. The van der Waals surface area contributed by atoms with E-state index < -0.39 is 0 Å². The van der Waals surface area contributed by atoms with Gasteiger partial charge in [0.05, 0.1) is 7.11 Å². The van der Waals surface area contributed by atoms with E-state index in [1.54, 1.807) is 0 Å². The maximum absolute atomic E-state index is 13.3. The highest BCUT2D eigenvalue weighted by Gasteiger charge is 2.21. The topological polar surface area (TPSA) is 41.5 Å². The summed E-state index contributed by atoms with van der Waals surface area (Å²) in [6, 6.07) is 2.60. The van der Waals surface area contributed by atoms with Gasteiger partial charge in [-0.3, -0.25) is 0 Å². The number of phenolic OH excluding ortho intramolecular Hbond substituents is 1. The fourth-order valence-corrected chi connectivity index (χ4v) is 2.13. The van der Waals surface area contributed by atoms with Crippen LogP contribution in [0.1, 0.15) is 30.9 Å². The summed E-state index contributed by atoms with van der Waals surface area (Å²) < 4.78 is 18.3. The molecule has 1 atom stereocenters. The molecule has 0 bridgehead atoms. The number of hydrogen-bond donors (Lipinski definition) is 2. The number of hydrogen-bond acceptors (Lipinski definition) is 3. The van der Waals surface area contributed by atoms with Crippen molar-refractivity contribution in [2.45, 2.75) is 25.3 Å². The SMILES string of the molecule is COc1cc(F)cc([C@@H]2CCCCN2)c1O. The molecule has 1 fully saturated rings. The van der Waals surface area contributed by atoms with Gasteiger partial charge in [-0.05, 0) is 25.5 Å². The Balaban J connectivity index is 2.34. The Morgan fingerprint density at radius 3 is 2.88 bits per heavy atom. The van der Waals surface area contributed by atoms with Crippen molar-refractivity contribution >= 4 is 0 Å². The fourth-order valence-electron chi connectivity index (χ4n) is 2.13. The van der Waals surface area contributed by atoms with Crippen LogP contribution in [0.2, 0.25) is 0 Å². The predicted molar refractivity (Wildman–Crippen MR) is 59.2 cm³/mol. The number of benzene rings is 1. The molecule has 0 amide bonds. The van der Waals surface area contributed by atoms with Crippen molar-refractivity contribution in [3.05, 3.63) is 23.5 Å². The molecule has 0 aliphatic carbocycles. The lowest BCUT2D eigenvalue weighted by atomic mass is 9.96. The Labute approximate surface area is 94.2 Å². The lowest BCUT2D eigenvalue weighted by Crippen LogP contribution is -2.26. The molecule has 1 saturated heterocycles. The van der Waals surface area contributed by atoms with Crippen LogP contribution < -0.4 is 10.1 Å². The smallest absolute Gasteiger partial charge is 0.163 e. The number of halogens is 1. The van der Waals surface area contributed by atoms with Crippen LogP contribution in [0.3, 0.4) is 0 Å². The first-order chi connectivity index (χ1) is 7.72. The predicted octanol–water partition coefficient (Wildman–Crippen LogP) is 2.35. The molecule has 0 radical (unpaired) electrons. The molecule has 1 aromatic carbocycles. The number of piperidine rings is 1. The molecule has 0 aromatic heterocycles. The number of methoxy groups -OCH3 is 1. The summed E-state index contributed by atoms with van der Waals surface area (Å²) >= 11 is 0. The minimum absolute atomic E-state index is 0.0262. The van der Waals surface area contributed by atoms with Gasteiger partial charge in [-0.2, -0.15) is 0 Å². The van der Waals surface area contributed by atoms with Gasteiger partial charge in [0.1, 0.15) is 5.82 Å². The van der Waals surface area contributed by atoms with Gasteiger partial charge < -0.3 is 15.2 Å². The summed E-state index contributed by atoms with van der Waals surface area (Å²) in [5.41, 5.74) is 0.594. The lowest BCUT2D eigenvalue weighted by molar-refractivity contribution is 0.351. The second kappa shape index (κ2) is 4.70. The molecule has 4 heteroatoms. The summed E-state index contributed by atoms with van der Waals surface area (Å²) in [4.78, 5) is 0. The first-order valence-electron chi connectivity index (χ1n) is 5.52. The van der Waals surface area contributed by atoms with Gasteiger partial charge in [0, 0.05) is 17.7 Å². The monoisotopic (exact) mass is 225 g/mol. The van der Waals surface area contributed by atoms with E-state index in [1.165, 1.54) is 19.2 Å². The van der Waals surface area contributed by atoms with Crippen molar-refractivity contribution in [3.63, 3.8) is 0 Å². The van der Waals surface area contributed by atoms with Crippen molar-refractivity contribution in [1.82, 2.24) is 5.32 Å². The van der Waals surface area contributed by atoms with Crippen molar-refractivity contribution in [2.75, 3.05) is 13.7 Å². The zero-order valence-corrected chi connectivity index (χ0v) is 9.29. The third kappa shape index (κ3) is 2.11. The molecular formula is C12H16FNO2. The zero-order valence-electron chi connectivity index (χ0n) is 9.29. The molecule has 2 N–H and O–H groups in total. The van der Waals surface area contributed by atoms with E-state index in [-0.39, 0.29) is 23.4 Å². The van der Waals surface area contributed by atoms with Crippen molar-refractivity contribution in [3.8, 4) is 11.5 Å². The Kier molecular flexibility index (Phi) is 3.29. The standard InChI is InChI=1S/C12H16FNO2/c1-16-11-7-8(13)6-9(12(11)15)10-4-2-3-5-14-10/h6-7,10,14-15H,2-5H2,1H3/t10-/m0/s1. The molecular weight excluding hydrogens is 209 g/mol. The minimum Gasteiger partial charge on any atom is -0.504 e. The number of nitrogens with one attached hydrogen (secondary N) is 1. The average molecular weight is 225 g/mol.